The van der Waals surface area contributed by atoms with Gasteiger partial charge in [-0.15, -0.1) is 0 Å². The highest BCUT2D eigenvalue weighted by molar-refractivity contribution is 6.08. The first-order valence-corrected chi connectivity index (χ1v) is 9.54. The molecule has 1 aliphatic heterocycles. The zero-order chi connectivity index (χ0) is 20.7. The Kier molecular flexibility index (Phi) is 4.70. The third kappa shape index (κ3) is 3.10. The van der Waals surface area contributed by atoms with Gasteiger partial charge in [-0.25, -0.2) is 4.68 Å². The van der Waals surface area contributed by atoms with Gasteiger partial charge in [-0.2, -0.15) is 0 Å². The summed E-state index contributed by atoms with van der Waals surface area (Å²) in [6.45, 7) is 1.34. The number of para-hydroxylation sites is 1. The molecule has 2 heterocycles. The number of anilines is 1. The van der Waals surface area contributed by atoms with Gasteiger partial charge in [-0.1, -0.05) is 30.4 Å². The number of imide groups is 1. The number of aromatic nitrogens is 2. The van der Waals surface area contributed by atoms with Crippen molar-refractivity contribution in [3.63, 3.8) is 0 Å². The van der Waals surface area contributed by atoms with Crippen molar-refractivity contribution in [1.82, 2.24) is 14.3 Å². The van der Waals surface area contributed by atoms with Crippen LogP contribution in [0.1, 0.15) is 18.5 Å². The number of fused-ring (bicyclic) bond motifs is 1. The van der Waals surface area contributed by atoms with E-state index in [1.807, 2.05) is 30.4 Å². The first-order valence-electron chi connectivity index (χ1n) is 9.54. The Labute approximate surface area is 167 Å². The van der Waals surface area contributed by atoms with Gasteiger partial charge in [0.1, 0.15) is 12.2 Å². The van der Waals surface area contributed by atoms with E-state index in [0.29, 0.717) is 24.2 Å². The first-order chi connectivity index (χ1) is 13.9. The van der Waals surface area contributed by atoms with E-state index in [9.17, 15) is 19.2 Å². The van der Waals surface area contributed by atoms with Gasteiger partial charge in [-0.05, 0) is 31.9 Å². The molecular weight excluding hydrogens is 372 g/mol. The predicted molar refractivity (Wildman–Crippen MR) is 106 cm³/mol. The maximum absolute atomic E-state index is 12.9. The van der Waals surface area contributed by atoms with Crippen molar-refractivity contribution < 1.29 is 14.4 Å². The van der Waals surface area contributed by atoms with Crippen molar-refractivity contribution in [2.75, 3.05) is 11.9 Å². The number of likely N-dealkylation sites (tertiary alicyclic amines) is 1. The van der Waals surface area contributed by atoms with Gasteiger partial charge in [0, 0.05) is 7.05 Å². The summed E-state index contributed by atoms with van der Waals surface area (Å²) in [7, 11) is 1.73. The van der Waals surface area contributed by atoms with E-state index in [1.165, 1.54) is 4.68 Å². The maximum atomic E-state index is 12.9. The van der Waals surface area contributed by atoms with Gasteiger partial charge < -0.3 is 5.32 Å². The number of hydrogen-bond donors (Lipinski definition) is 1. The lowest BCUT2D eigenvalue weighted by atomic mass is 9.85. The minimum atomic E-state index is -0.565. The zero-order valence-corrected chi connectivity index (χ0v) is 16.3. The molecule has 8 nitrogen and oxygen atoms in total. The van der Waals surface area contributed by atoms with Crippen LogP contribution >= 0.6 is 0 Å². The van der Waals surface area contributed by atoms with E-state index in [1.54, 1.807) is 30.8 Å². The number of allylic oxidation sites excluding steroid dienone is 2. The van der Waals surface area contributed by atoms with Crippen LogP contribution in [0.15, 0.2) is 47.3 Å². The van der Waals surface area contributed by atoms with Crippen molar-refractivity contribution in [2.45, 2.75) is 19.8 Å². The second-order valence-corrected chi connectivity index (χ2v) is 7.40. The summed E-state index contributed by atoms with van der Waals surface area (Å²) < 4.78 is 3.11. The third-order valence-electron chi connectivity index (χ3n) is 5.72. The molecule has 2 atom stereocenters. The molecule has 1 aromatic heterocycles. The highest BCUT2D eigenvalue weighted by Gasteiger charge is 2.47. The molecular formula is C21H22N4O4. The SMILES string of the molecule is Cc1c(NC(=O)CN2C(=O)C3CC=CCC3C2=O)c(=O)n(-c2ccccc2)n1C. The molecule has 0 bridgehead atoms. The molecule has 4 rings (SSSR count). The van der Waals surface area contributed by atoms with Crippen molar-refractivity contribution in [3.05, 3.63) is 58.5 Å². The van der Waals surface area contributed by atoms with E-state index in [4.69, 9.17) is 0 Å². The van der Waals surface area contributed by atoms with Gasteiger partial charge in [0.25, 0.3) is 5.56 Å². The van der Waals surface area contributed by atoms with Crippen LogP contribution in [-0.4, -0.2) is 38.5 Å². The zero-order valence-electron chi connectivity index (χ0n) is 16.3. The number of carbonyl (C=O) groups is 3. The number of amides is 3. The van der Waals surface area contributed by atoms with Crippen molar-refractivity contribution >= 4 is 23.4 Å². The normalized spacial score (nSPS) is 20.8. The van der Waals surface area contributed by atoms with Crippen LogP contribution in [0.2, 0.25) is 0 Å². The summed E-state index contributed by atoms with van der Waals surface area (Å²) in [4.78, 5) is 51.6. The molecule has 2 aliphatic rings. The van der Waals surface area contributed by atoms with Gasteiger partial charge in [0.05, 0.1) is 23.2 Å². The summed E-state index contributed by atoms with van der Waals surface area (Å²) in [5.41, 5.74) is 1.01. The summed E-state index contributed by atoms with van der Waals surface area (Å²) in [5.74, 6) is -1.95. The van der Waals surface area contributed by atoms with E-state index >= 15 is 0 Å². The number of benzene rings is 1. The Morgan fingerprint density at radius 3 is 2.21 bits per heavy atom. The molecule has 29 heavy (non-hydrogen) atoms. The lowest BCUT2D eigenvalue weighted by Gasteiger charge is -2.14. The molecule has 1 aromatic carbocycles. The van der Waals surface area contributed by atoms with Crippen molar-refractivity contribution in [1.29, 1.82) is 0 Å². The molecule has 1 fully saturated rings. The smallest absolute Gasteiger partial charge is 0.295 e. The minimum Gasteiger partial charge on any atom is -0.318 e. The molecule has 0 radical (unpaired) electrons. The maximum Gasteiger partial charge on any atom is 0.295 e. The van der Waals surface area contributed by atoms with E-state index < -0.39 is 5.91 Å². The van der Waals surface area contributed by atoms with Gasteiger partial charge in [0.2, 0.25) is 17.7 Å². The van der Waals surface area contributed by atoms with Crippen LogP contribution in [0.25, 0.3) is 5.69 Å². The summed E-state index contributed by atoms with van der Waals surface area (Å²) >= 11 is 0. The summed E-state index contributed by atoms with van der Waals surface area (Å²) in [6, 6.07) is 9.08. The highest BCUT2D eigenvalue weighted by atomic mass is 16.2. The Morgan fingerprint density at radius 2 is 1.62 bits per heavy atom. The van der Waals surface area contributed by atoms with Gasteiger partial charge >= 0.3 is 0 Å². The predicted octanol–water partition coefficient (Wildman–Crippen LogP) is 1.37. The molecule has 2 aromatic rings. The largest absolute Gasteiger partial charge is 0.318 e. The fourth-order valence-corrected chi connectivity index (χ4v) is 4.06. The molecule has 0 spiro atoms. The van der Waals surface area contributed by atoms with Crippen LogP contribution in [-0.2, 0) is 21.4 Å². The molecule has 150 valence electrons. The number of rotatable bonds is 4. The van der Waals surface area contributed by atoms with E-state index in [2.05, 4.69) is 5.32 Å². The lowest BCUT2D eigenvalue weighted by molar-refractivity contribution is -0.142. The third-order valence-corrected chi connectivity index (χ3v) is 5.72. The molecule has 1 N–H and O–H groups in total. The molecule has 8 heteroatoms. The number of carbonyl (C=O) groups excluding carboxylic acids is 3. The number of nitrogens with zero attached hydrogens (tertiary/aromatic N) is 3. The summed E-state index contributed by atoms with van der Waals surface area (Å²) in [6.07, 6.45) is 4.84. The Balaban J connectivity index is 1.55. The second kappa shape index (κ2) is 7.20. The summed E-state index contributed by atoms with van der Waals surface area (Å²) in [5, 5.41) is 2.60. The average molecular weight is 394 g/mol. The molecule has 1 saturated heterocycles. The number of hydrogen-bond acceptors (Lipinski definition) is 4. The minimum absolute atomic E-state index is 0.138. The Morgan fingerprint density at radius 1 is 1.03 bits per heavy atom. The quantitative estimate of drug-likeness (QED) is 0.626. The Bertz CT molecular complexity index is 1050. The fourth-order valence-electron chi connectivity index (χ4n) is 4.06. The van der Waals surface area contributed by atoms with Crippen LogP contribution in [0.4, 0.5) is 5.69 Å². The van der Waals surface area contributed by atoms with E-state index in [-0.39, 0.29) is 41.4 Å². The monoisotopic (exact) mass is 394 g/mol. The fraction of sp³-hybridized carbons (Fsp3) is 0.333. The molecule has 0 saturated carbocycles. The standard InChI is InChI=1S/C21H22N4O4/c1-13-18(21(29)25(23(13)2)14-8-4-3-5-9-14)22-17(26)12-24-19(27)15-10-6-7-11-16(15)20(24)28/h3-9,15-16H,10-12H2,1-2H3,(H,22,26). The van der Waals surface area contributed by atoms with Crippen LogP contribution < -0.4 is 10.9 Å². The average Bonchev–Trinajstić information content (AvgIpc) is 3.09. The Hall–Kier alpha value is -3.42. The van der Waals surface area contributed by atoms with E-state index in [0.717, 1.165) is 4.90 Å². The van der Waals surface area contributed by atoms with Crippen LogP contribution in [0.3, 0.4) is 0 Å². The highest BCUT2D eigenvalue weighted by Crippen LogP contribution is 2.34. The lowest BCUT2D eigenvalue weighted by Crippen LogP contribution is -2.39. The molecule has 2 unspecified atom stereocenters. The van der Waals surface area contributed by atoms with Crippen molar-refractivity contribution in [2.24, 2.45) is 18.9 Å². The van der Waals surface area contributed by atoms with Crippen molar-refractivity contribution in [3.8, 4) is 5.69 Å². The molecule has 3 amide bonds. The van der Waals surface area contributed by atoms with Crippen LogP contribution in [0.5, 0.6) is 0 Å². The van der Waals surface area contributed by atoms with Gasteiger partial charge in [-0.3, -0.25) is 28.8 Å². The molecule has 1 aliphatic carbocycles. The number of nitrogens with one attached hydrogen (secondary N) is 1. The first kappa shape index (κ1) is 18.9. The van der Waals surface area contributed by atoms with Crippen LogP contribution in [0, 0.1) is 18.8 Å². The topological polar surface area (TPSA) is 93.4 Å². The second-order valence-electron chi connectivity index (χ2n) is 7.40. The van der Waals surface area contributed by atoms with Gasteiger partial charge in [0.15, 0.2) is 0 Å².